The molecule has 0 unspecified atom stereocenters. The van der Waals surface area contributed by atoms with Gasteiger partial charge in [-0.15, -0.1) is 0 Å². The summed E-state index contributed by atoms with van der Waals surface area (Å²) in [4.78, 5) is 19.0. The third-order valence-corrected chi connectivity index (χ3v) is 8.28. The van der Waals surface area contributed by atoms with Crippen molar-refractivity contribution in [2.45, 2.75) is 50.2 Å². The Balaban J connectivity index is 1.69. The summed E-state index contributed by atoms with van der Waals surface area (Å²) >= 11 is 5.47. The molecule has 198 valence electrons. The molecule has 1 heterocycles. The number of nitrogens with zero attached hydrogens (tertiary/aromatic N) is 3. The van der Waals surface area contributed by atoms with Gasteiger partial charge in [-0.25, -0.2) is 13.3 Å². The number of hydrogen-bond acceptors (Lipinski definition) is 5. The number of ether oxygens (including phenoxy) is 1. The zero-order valence-corrected chi connectivity index (χ0v) is 22.1. The van der Waals surface area contributed by atoms with Crippen LogP contribution in [-0.2, 0) is 20.8 Å². The van der Waals surface area contributed by atoms with Crippen LogP contribution >= 0.6 is 12.2 Å². The van der Waals surface area contributed by atoms with Crippen LogP contribution in [0.5, 0.6) is 5.75 Å². The number of hydrogen-bond donors (Lipinski definition) is 0. The van der Waals surface area contributed by atoms with Gasteiger partial charge in [0.25, 0.3) is 5.91 Å². The summed E-state index contributed by atoms with van der Waals surface area (Å²) < 4.78 is 70.3. The third kappa shape index (κ3) is 5.88. The highest BCUT2D eigenvalue weighted by molar-refractivity contribution is 7.91. The van der Waals surface area contributed by atoms with Crippen molar-refractivity contribution in [1.82, 2.24) is 4.90 Å². The van der Waals surface area contributed by atoms with Crippen molar-refractivity contribution in [3.05, 3.63) is 59.4 Å². The van der Waals surface area contributed by atoms with E-state index >= 15 is 0 Å². The van der Waals surface area contributed by atoms with E-state index in [9.17, 15) is 26.4 Å². The fourth-order valence-electron chi connectivity index (χ4n) is 3.97. The predicted octanol–water partition coefficient (Wildman–Crippen LogP) is 5.62. The predicted molar refractivity (Wildman–Crippen MR) is 137 cm³/mol. The second-order valence-electron chi connectivity index (χ2n) is 8.94. The lowest BCUT2D eigenvalue weighted by molar-refractivity contribution is -0.136. The van der Waals surface area contributed by atoms with Crippen LogP contribution in [0.1, 0.15) is 39.2 Å². The SMILES string of the molecule is [C-]#[N+]c1ccc(N2C(=O)C(C)(C)N(CCCOc3ccc(S(=O)(=O)CCC)cc3)C2=S)cc1C(F)(F)F. The van der Waals surface area contributed by atoms with Gasteiger partial charge in [-0.2, -0.15) is 13.2 Å². The molecular weight excluding hydrogens is 527 g/mol. The number of rotatable bonds is 9. The standard InChI is InChI=1S/C25H26F3N3O4S2/c1-5-15-37(33,34)19-10-8-18(9-11-19)35-14-6-13-30-23(36)31(22(32)24(30,2)3)17-7-12-21(29-4)20(16-17)25(26,27)28/h7-12,16H,5-6,13-15H2,1-3H3. The first-order valence-electron chi connectivity index (χ1n) is 11.4. The maximum atomic E-state index is 13.5. The van der Waals surface area contributed by atoms with Crippen LogP contribution in [0.25, 0.3) is 4.85 Å². The molecule has 2 aromatic rings. The highest BCUT2D eigenvalue weighted by Gasteiger charge is 2.49. The summed E-state index contributed by atoms with van der Waals surface area (Å²) in [6.07, 6.45) is -3.80. The van der Waals surface area contributed by atoms with E-state index in [2.05, 4.69) is 4.85 Å². The highest BCUT2D eigenvalue weighted by Crippen LogP contribution is 2.40. The van der Waals surface area contributed by atoms with Gasteiger partial charge in [0.2, 0.25) is 0 Å². The molecule has 1 amide bonds. The Hall–Kier alpha value is -3.17. The van der Waals surface area contributed by atoms with Gasteiger partial charge in [-0.3, -0.25) is 9.69 Å². The van der Waals surface area contributed by atoms with Gasteiger partial charge in [0.05, 0.1) is 29.4 Å². The van der Waals surface area contributed by atoms with E-state index in [-0.39, 0.29) is 28.1 Å². The Kier molecular flexibility index (Phi) is 8.19. The van der Waals surface area contributed by atoms with Crippen molar-refractivity contribution < 1.29 is 31.1 Å². The van der Waals surface area contributed by atoms with E-state index in [1.807, 2.05) is 0 Å². The molecule has 37 heavy (non-hydrogen) atoms. The topological polar surface area (TPSA) is 71.3 Å². The molecule has 1 fully saturated rings. The average Bonchev–Trinajstić information content (AvgIpc) is 2.99. The van der Waals surface area contributed by atoms with E-state index in [1.54, 1.807) is 37.8 Å². The van der Waals surface area contributed by atoms with E-state index in [0.717, 1.165) is 17.0 Å². The summed E-state index contributed by atoms with van der Waals surface area (Å²) in [7, 11) is -3.32. The second-order valence-corrected chi connectivity index (χ2v) is 11.4. The molecule has 0 radical (unpaired) electrons. The molecule has 0 atom stereocenters. The molecule has 0 aliphatic carbocycles. The van der Waals surface area contributed by atoms with Crippen LogP contribution in [0.3, 0.4) is 0 Å². The summed E-state index contributed by atoms with van der Waals surface area (Å²) in [6, 6.07) is 9.20. The van der Waals surface area contributed by atoms with Crippen molar-refractivity contribution in [2.24, 2.45) is 0 Å². The van der Waals surface area contributed by atoms with Crippen LogP contribution in [0, 0.1) is 6.57 Å². The zero-order valence-electron chi connectivity index (χ0n) is 20.5. The molecule has 1 aliphatic rings. The molecule has 12 heteroatoms. The number of carbonyl (C=O) groups excluding carboxylic acids is 1. The summed E-state index contributed by atoms with van der Waals surface area (Å²) in [6.45, 7) is 12.6. The maximum absolute atomic E-state index is 13.5. The molecule has 0 bridgehead atoms. The fraction of sp³-hybridized carbons (Fsp3) is 0.400. The molecule has 0 saturated carbocycles. The number of carbonyl (C=O) groups is 1. The minimum absolute atomic E-state index is 0.0559. The van der Waals surface area contributed by atoms with Crippen molar-refractivity contribution in [2.75, 3.05) is 23.8 Å². The molecular formula is C25H26F3N3O4S2. The Morgan fingerprint density at radius 3 is 2.35 bits per heavy atom. The number of amides is 1. The Morgan fingerprint density at radius 1 is 1.14 bits per heavy atom. The lowest BCUT2D eigenvalue weighted by Gasteiger charge is -2.29. The third-order valence-electron chi connectivity index (χ3n) is 5.94. The van der Waals surface area contributed by atoms with Crippen molar-refractivity contribution in [3.63, 3.8) is 0 Å². The molecule has 3 rings (SSSR count). The van der Waals surface area contributed by atoms with Crippen LogP contribution in [0.15, 0.2) is 47.4 Å². The summed E-state index contributed by atoms with van der Waals surface area (Å²) in [5, 5.41) is 0.0594. The molecule has 0 aromatic heterocycles. The lowest BCUT2D eigenvalue weighted by Crippen LogP contribution is -2.44. The Bertz CT molecular complexity index is 1330. The maximum Gasteiger partial charge on any atom is 0.407 e. The van der Waals surface area contributed by atoms with Gasteiger partial charge in [0.1, 0.15) is 11.3 Å². The van der Waals surface area contributed by atoms with Gasteiger partial charge in [-0.05, 0) is 75.3 Å². The number of thiocarbonyl (C=S) groups is 1. The molecule has 0 spiro atoms. The molecule has 7 nitrogen and oxygen atoms in total. The summed E-state index contributed by atoms with van der Waals surface area (Å²) in [5.74, 6) is 0.0670. The number of alkyl halides is 3. The van der Waals surface area contributed by atoms with Crippen molar-refractivity contribution in [1.29, 1.82) is 0 Å². The van der Waals surface area contributed by atoms with E-state index < -0.39 is 38.7 Å². The number of sulfone groups is 1. The Labute approximate surface area is 219 Å². The minimum atomic E-state index is -4.76. The van der Waals surface area contributed by atoms with Gasteiger partial charge >= 0.3 is 6.18 Å². The first-order valence-corrected chi connectivity index (χ1v) is 13.5. The molecule has 2 aromatic carbocycles. The van der Waals surface area contributed by atoms with E-state index in [4.69, 9.17) is 23.5 Å². The number of anilines is 1. The number of benzene rings is 2. The van der Waals surface area contributed by atoms with Crippen molar-refractivity contribution >= 4 is 44.4 Å². The summed E-state index contributed by atoms with van der Waals surface area (Å²) in [5.41, 5.74) is -2.85. The van der Waals surface area contributed by atoms with E-state index in [0.29, 0.717) is 25.1 Å². The fourth-order valence-corrected chi connectivity index (χ4v) is 5.80. The number of halogens is 3. The largest absolute Gasteiger partial charge is 0.494 e. The van der Waals surface area contributed by atoms with Crippen LogP contribution < -0.4 is 9.64 Å². The van der Waals surface area contributed by atoms with Gasteiger partial charge in [0.15, 0.2) is 20.6 Å². The lowest BCUT2D eigenvalue weighted by atomic mass is 10.0. The van der Waals surface area contributed by atoms with Crippen LogP contribution in [-0.4, -0.2) is 48.8 Å². The quantitative estimate of drug-likeness (QED) is 0.228. The van der Waals surface area contributed by atoms with Gasteiger partial charge < -0.3 is 9.64 Å². The van der Waals surface area contributed by atoms with Gasteiger partial charge in [-0.1, -0.05) is 13.0 Å². The minimum Gasteiger partial charge on any atom is -0.494 e. The smallest absolute Gasteiger partial charge is 0.407 e. The molecule has 0 N–H and O–H groups in total. The molecule has 1 aliphatic heterocycles. The van der Waals surface area contributed by atoms with Crippen LogP contribution in [0.2, 0.25) is 0 Å². The average molecular weight is 554 g/mol. The first kappa shape index (κ1) is 28.4. The monoisotopic (exact) mass is 553 g/mol. The van der Waals surface area contributed by atoms with Gasteiger partial charge in [0, 0.05) is 12.2 Å². The Morgan fingerprint density at radius 2 is 1.78 bits per heavy atom. The first-order chi connectivity index (χ1) is 17.2. The zero-order chi connectivity index (χ0) is 27.6. The van der Waals surface area contributed by atoms with Crippen molar-refractivity contribution in [3.8, 4) is 5.75 Å². The molecule has 1 saturated heterocycles. The highest BCUT2D eigenvalue weighted by atomic mass is 32.2. The normalized spacial score (nSPS) is 15.7. The second kappa shape index (κ2) is 10.7. The van der Waals surface area contributed by atoms with E-state index in [1.165, 1.54) is 18.2 Å². The van der Waals surface area contributed by atoms with Crippen LogP contribution in [0.4, 0.5) is 24.5 Å².